The Hall–Kier alpha value is -4.28. The summed E-state index contributed by atoms with van der Waals surface area (Å²) < 4.78 is 58.9. The lowest BCUT2D eigenvalue weighted by Gasteiger charge is -2.36. The first-order valence-electron chi connectivity index (χ1n) is 20.1. The summed E-state index contributed by atoms with van der Waals surface area (Å²) in [6.07, 6.45) is 3.78. The molecular weight excluding hydrogens is 760 g/mol. The molecule has 57 heavy (non-hydrogen) atoms. The Morgan fingerprint density at radius 3 is 2.53 bits per heavy atom. The van der Waals surface area contributed by atoms with Gasteiger partial charge in [0.05, 0.1) is 36.1 Å². The normalized spacial score (nSPS) is 31.3. The Bertz CT molecular complexity index is 2040. The van der Waals surface area contributed by atoms with Crippen LogP contribution in [0.3, 0.4) is 0 Å². The number of aromatic nitrogens is 2. The third-order valence-corrected chi connectivity index (χ3v) is 14.8. The lowest BCUT2D eigenvalue weighted by molar-refractivity contribution is -0.143. The van der Waals surface area contributed by atoms with Crippen molar-refractivity contribution in [2.45, 2.75) is 133 Å². The summed E-state index contributed by atoms with van der Waals surface area (Å²) in [6, 6.07) is 3.02. The molecule has 5 aliphatic rings. The van der Waals surface area contributed by atoms with Crippen LogP contribution in [0.15, 0.2) is 18.2 Å². The Morgan fingerprint density at radius 2 is 1.84 bits per heavy atom. The maximum absolute atomic E-state index is 14.8. The number of methoxy groups -OCH3 is 1. The number of nitrogens with one attached hydrogen (secondary N) is 3. The number of alkyl carbamates (subject to hydrolysis) is 1. The third-order valence-electron chi connectivity index (χ3n) is 12.6. The zero-order chi connectivity index (χ0) is 41.1. The molecule has 2 aromatic rings. The molecule has 8 atom stereocenters. The largest absolute Gasteiger partial charge is 0.497 e. The number of sulfonamides is 1. The van der Waals surface area contributed by atoms with E-state index >= 15 is 0 Å². The highest BCUT2D eigenvalue weighted by molar-refractivity contribution is 7.91. The van der Waals surface area contributed by atoms with Gasteiger partial charge in [0.25, 0.3) is 5.91 Å². The molecule has 2 bridgehead atoms. The molecule has 3 heterocycles. The monoisotopic (exact) mass is 814 g/mol. The molecule has 17 heteroatoms. The van der Waals surface area contributed by atoms with Crippen LogP contribution in [0.1, 0.15) is 98.1 Å². The van der Waals surface area contributed by atoms with E-state index in [1.54, 1.807) is 40.9 Å². The predicted octanol–water partition coefficient (Wildman–Crippen LogP) is 4.11. The zero-order valence-corrected chi connectivity index (χ0v) is 34.4. The first kappa shape index (κ1) is 40.9. The van der Waals surface area contributed by atoms with Gasteiger partial charge in [0, 0.05) is 12.0 Å². The topological polar surface area (TPSA) is 195 Å². The van der Waals surface area contributed by atoms with Gasteiger partial charge in [-0.1, -0.05) is 40.5 Å². The van der Waals surface area contributed by atoms with Crippen LogP contribution < -0.4 is 24.8 Å². The van der Waals surface area contributed by atoms with Gasteiger partial charge < -0.3 is 29.7 Å². The number of benzene rings is 1. The molecule has 4 fully saturated rings. The summed E-state index contributed by atoms with van der Waals surface area (Å²) in [5, 5.41) is 5.58. The molecule has 3 saturated carbocycles. The number of amides is 4. The maximum atomic E-state index is 14.8. The summed E-state index contributed by atoms with van der Waals surface area (Å²) in [5.41, 5.74) is -0.717. The van der Waals surface area contributed by atoms with E-state index in [0.29, 0.717) is 41.7 Å². The van der Waals surface area contributed by atoms with Crippen molar-refractivity contribution >= 4 is 44.9 Å². The number of hydrogen-bond donors (Lipinski definition) is 3. The number of hydrogen-bond acceptors (Lipinski definition) is 11. The van der Waals surface area contributed by atoms with E-state index in [4.69, 9.17) is 24.2 Å². The molecule has 1 saturated heterocycles. The summed E-state index contributed by atoms with van der Waals surface area (Å²) in [5.74, 6) is -2.53. The van der Waals surface area contributed by atoms with Crippen molar-refractivity contribution in [1.29, 1.82) is 0 Å². The van der Waals surface area contributed by atoms with Crippen molar-refractivity contribution in [3.8, 4) is 11.6 Å². The quantitative estimate of drug-likeness (QED) is 0.347. The molecule has 0 unspecified atom stereocenters. The standard InChI is InChI=1S/C40H55FN6O9S/c1-22-30-21-47(31(22)33(48)45-40(20-24(40)14-17-41)36(50)46-57(52,53)39(5)15-16-39)35(49)32(38(2,3)4)44-37(51)56-29-18-23(29)10-8-7-9-11-27-34(55-30)43-28-19-25(54-6)12-13-26(28)42-27/h12-13,19,22-24,29-32H,7-11,14-18,20-21H2,1-6H3,(H,44,51)(H,45,48)(H,46,50)/t22-,23-,24-,29-,30+,31+,32-,40-/m1/s1. The van der Waals surface area contributed by atoms with E-state index in [2.05, 4.69) is 15.4 Å². The van der Waals surface area contributed by atoms with E-state index in [1.165, 1.54) is 11.8 Å². The average Bonchev–Trinajstić information content (AvgIpc) is 4.10. The van der Waals surface area contributed by atoms with Crippen molar-refractivity contribution in [2.75, 3.05) is 20.3 Å². The van der Waals surface area contributed by atoms with Crippen LogP contribution in [-0.2, 0) is 35.6 Å². The number of rotatable bonds is 8. The van der Waals surface area contributed by atoms with Crippen molar-refractivity contribution in [2.24, 2.45) is 23.2 Å². The van der Waals surface area contributed by atoms with Crippen molar-refractivity contribution in [1.82, 2.24) is 30.2 Å². The molecule has 4 amide bonds. The van der Waals surface area contributed by atoms with E-state index in [9.17, 15) is 32.0 Å². The van der Waals surface area contributed by atoms with E-state index in [0.717, 1.165) is 32.1 Å². The molecule has 312 valence electrons. The van der Waals surface area contributed by atoms with Gasteiger partial charge >= 0.3 is 6.09 Å². The highest BCUT2D eigenvalue weighted by Gasteiger charge is 2.64. The number of ether oxygens (including phenoxy) is 3. The second-order valence-electron chi connectivity index (χ2n) is 18.0. The molecule has 1 aromatic heterocycles. The second-order valence-corrected chi connectivity index (χ2v) is 20.2. The van der Waals surface area contributed by atoms with Gasteiger partial charge in [-0.2, -0.15) is 0 Å². The number of fused-ring (bicyclic) bond motifs is 5. The molecule has 7 rings (SSSR count). The fraction of sp³-hybridized carbons (Fsp3) is 0.700. The van der Waals surface area contributed by atoms with Crippen LogP contribution in [0.4, 0.5) is 9.18 Å². The summed E-state index contributed by atoms with van der Waals surface area (Å²) in [6.45, 7) is 7.79. The van der Waals surface area contributed by atoms with Gasteiger partial charge in [0.2, 0.25) is 27.7 Å². The van der Waals surface area contributed by atoms with Gasteiger partial charge in [-0.3, -0.25) is 23.5 Å². The lowest BCUT2D eigenvalue weighted by Crippen LogP contribution is -2.61. The minimum atomic E-state index is -4.08. The highest BCUT2D eigenvalue weighted by atomic mass is 32.2. The van der Waals surface area contributed by atoms with Gasteiger partial charge in [0.15, 0.2) is 0 Å². The number of nitrogens with zero attached hydrogens (tertiary/aromatic N) is 3. The van der Waals surface area contributed by atoms with Crippen molar-refractivity contribution in [3.05, 3.63) is 23.9 Å². The van der Waals surface area contributed by atoms with Crippen LogP contribution in [0.5, 0.6) is 11.6 Å². The highest BCUT2D eigenvalue weighted by Crippen LogP contribution is 2.48. The fourth-order valence-corrected chi connectivity index (χ4v) is 9.63. The molecule has 3 aliphatic carbocycles. The Labute approximate surface area is 333 Å². The molecule has 3 N–H and O–H groups in total. The van der Waals surface area contributed by atoms with Crippen LogP contribution in [0.25, 0.3) is 11.0 Å². The number of carbonyl (C=O) groups is 4. The lowest BCUT2D eigenvalue weighted by atomic mass is 9.85. The van der Waals surface area contributed by atoms with Crippen molar-refractivity contribution < 1.29 is 46.2 Å². The molecule has 1 aromatic carbocycles. The Balaban J connectivity index is 1.24. The van der Waals surface area contributed by atoms with Gasteiger partial charge in [-0.25, -0.2) is 23.2 Å². The van der Waals surface area contributed by atoms with Crippen LogP contribution in [0, 0.1) is 23.2 Å². The molecule has 2 aliphatic heterocycles. The maximum Gasteiger partial charge on any atom is 0.408 e. The van der Waals surface area contributed by atoms with Gasteiger partial charge in [-0.15, -0.1) is 0 Å². The van der Waals surface area contributed by atoms with Crippen LogP contribution in [-0.4, -0.2) is 102 Å². The average molecular weight is 815 g/mol. The fourth-order valence-electron chi connectivity index (χ4n) is 8.32. The van der Waals surface area contributed by atoms with Gasteiger partial charge in [-0.05, 0) is 87.7 Å². The molecule has 15 nitrogen and oxygen atoms in total. The third kappa shape index (κ3) is 8.22. The van der Waals surface area contributed by atoms with Gasteiger partial charge in [0.1, 0.15) is 41.3 Å². The van der Waals surface area contributed by atoms with E-state index in [1.807, 2.05) is 12.1 Å². The number of carbonyl (C=O) groups excluding carboxylic acids is 4. The Kier molecular flexibility index (Phi) is 10.9. The number of alkyl halides is 1. The zero-order valence-electron chi connectivity index (χ0n) is 33.6. The number of halogens is 1. The van der Waals surface area contributed by atoms with Crippen LogP contribution in [0.2, 0.25) is 0 Å². The molecule has 0 radical (unpaired) electrons. The number of aryl methyl sites for hydroxylation is 1. The first-order chi connectivity index (χ1) is 26.9. The van der Waals surface area contributed by atoms with Crippen molar-refractivity contribution in [3.63, 3.8) is 0 Å². The van der Waals surface area contributed by atoms with Crippen LogP contribution >= 0.6 is 0 Å². The Morgan fingerprint density at radius 1 is 1.09 bits per heavy atom. The summed E-state index contributed by atoms with van der Waals surface area (Å²) in [7, 11) is -2.52. The molecule has 0 spiro atoms. The summed E-state index contributed by atoms with van der Waals surface area (Å²) >= 11 is 0. The smallest absolute Gasteiger partial charge is 0.408 e. The summed E-state index contributed by atoms with van der Waals surface area (Å²) in [4.78, 5) is 67.7. The molecular formula is C40H55FN6O9S. The first-order valence-corrected chi connectivity index (χ1v) is 21.6. The van der Waals surface area contributed by atoms with E-state index in [-0.39, 0.29) is 37.3 Å². The van der Waals surface area contributed by atoms with E-state index < -0.39 is 86.2 Å². The minimum Gasteiger partial charge on any atom is -0.497 e. The SMILES string of the molecule is COc1ccc2nc3c(nc2c1)O[C@H]1CN(C(=O)[C@H](C(C)(C)C)NC(=O)O[C@@H]2C[C@H]2CCCCC3)[C@H](C(=O)N[C@]2(C(=O)NS(=O)(=O)C3(C)CC3)C[C@H]2CCF)[C@@H]1C. The minimum absolute atomic E-state index is 0.0232. The second kappa shape index (κ2) is 15.1. The predicted molar refractivity (Wildman–Crippen MR) is 206 cm³/mol.